The smallest absolute Gasteiger partial charge is 0.230 e. The van der Waals surface area contributed by atoms with E-state index >= 15 is 0 Å². The second kappa shape index (κ2) is 9.51. The molecule has 0 aromatic heterocycles. The summed E-state index contributed by atoms with van der Waals surface area (Å²) in [6.45, 7) is 7.00. The van der Waals surface area contributed by atoms with E-state index < -0.39 is 0 Å². The number of hydrogen-bond acceptors (Lipinski definition) is 2. The summed E-state index contributed by atoms with van der Waals surface area (Å²) in [5.41, 5.74) is 1.03. The molecule has 1 aromatic carbocycles. The van der Waals surface area contributed by atoms with E-state index in [1.165, 1.54) is 0 Å². The second-order valence-electron chi connectivity index (χ2n) is 6.60. The van der Waals surface area contributed by atoms with Crippen molar-refractivity contribution in [3.8, 4) is 0 Å². The molecule has 1 aliphatic rings. The molecule has 2 rings (SSSR count). The summed E-state index contributed by atoms with van der Waals surface area (Å²) in [6, 6.07) is 7.73. The van der Waals surface area contributed by atoms with Crippen molar-refractivity contribution in [2.45, 2.75) is 32.6 Å². The van der Waals surface area contributed by atoms with Crippen LogP contribution in [-0.4, -0.2) is 37.5 Å². The van der Waals surface area contributed by atoms with Crippen molar-refractivity contribution in [3.63, 3.8) is 0 Å². The molecule has 1 amide bonds. The van der Waals surface area contributed by atoms with Gasteiger partial charge in [-0.2, -0.15) is 0 Å². The van der Waals surface area contributed by atoms with Crippen LogP contribution in [0.25, 0.3) is 0 Å². The van der Waals surface area contributed by atoms with Crippen LogP contribution in [-0.2, 0) is 4.79 Å². The SMILES string of the molecule is CNCC1CCN(C(=O)C(c2cccc(Cl)c2)C(C)C)CC1.Cl. The lowest BCUT2D eigenvalue weighted by atomic mass is 9.86. The van der Waals surface area contributed by atoms with Gasteiger partial charge in [-0.15, -0.1) is 12.4 Å². The Bertz CT molecular complexity index is 500. The van der Waals surface area contributed by atoms with Gasteiger partial charge in [-0.05, 0) is 56.0 Å². The zero-order valence-corrected chi connectivity index (χ0v) is 15.8. The van der Waals surface area contributed by atoms with E-state index in [0.717, 1.165) is 38.0 Å². The van der Waals surface area contributed by atoms with E-state index in [0.29, 0.717) is 10.9 Å². The lowest BCUT2D eigenvalue weighted by molar-refractivity contribution is -0.135. The summed E-state index contributed by atoms with van der Waals surface area (Å²) >= 11 is 6.11. The largest absolute Gasteiger partial charge is 0.342 e. The highest BCUT2D eigenvalue weighted by Gasteiger charge is 2.31. The van der Waals surface area contributed by atoms with Crippen LogP contribution in [0.5, 0.6) is 0 Å². The maximum absolute atomic E-state index is 13.0. The van der Waals surface area contributed by atoms with Crippen LogP contribution in [0.4, 0.5) is 0 Å². The molecular weight excluding hydrogens is 331 g/mol. The topological polar surface area (TPSA) is 32.3 Å². The Morgan fingerprint density at radius 2 is 2.00 bits per heavy atom. The maximum atomic E-state index is 13.0. The third kappa shape index (κ3) is 5.37. The van der Waals surface area contributed by atoms with Crippen molar-refractivity contribution in [2.24, 2.45) is 11.8 Å². The first-order valence-electron chi connectivity index (χ1n) is 8.21. The summed E-state index contributed by atoms with van der Waals surface area (Å²) in [5.74, 6) is 1.11. The fourth-order valence-electron chi connectivity index (χ4n) is 3.36. The number of piperidine rings is 1. The molecule has 130 valence electrons. The van der Waals surface area contributed by atoms with Crippen LogP contribution >= 0.6 is 24.0 Å². The number of nitrogens with zero attached hydrogens (tertiary/aromatic N) is 1. The molecule has 5 heteroatoms. The molecule has 1 unspecified atom stereocenters. The van der Waals surface area contributed by atoms with Crippen molar-refractivity contribution in [3.05, 3.63) is 34.9 Å². The highest BCUT2D eigenvalue weighted by molar-refractivity contribution is 6.30. The minimum absolute atomic E-state index is 0. The molecule has 1 aliphatic heterocycles. The predicted octanol–water partition coefficient (Wildman–Crippen LogP) is 3.96. The summed E-state index contributed by atoms with van der Waals surface area (Å²) in [5, 5.41) is 3.93. The van der Waals surface area contributed by atoms with Gasteiger partial charge in [0.2, 0.25) is 5.91 Å². The van der Waals surface area contributed by atoms with Crippen LogP contribution in [0.3, 0.4) is 0 Å². The average molecular weight is 359 g/mol. The lowest BCUT2D eigenvalue weighted by Crippen LogP contribution is -2.43. The van der Waals surface area contributed by atoms with Crippen molar-refractivity contribution in [1.29, 1.82) is 0 Å². The van der Waals surface area contributed by atoms with E-state index in [-0.39, 0.29) is 30.2 Å². The molecule has 1 aromatic rings. The molecule has 1 saturated heterocycles. The Labute approximate surface area is 151 Å². The Morgan fingerprint density at radius 3 is 2.52 bits per heavy atom. The summed E-state index contributed by atoms with van der Waals surface area (Å²) < 4.78 is 0. The minimum atomic E-state index is -0.0976. The first kappa shape index (κ1) is 20.3. The molecule has 1 N–H and O–H groups in total. The van der Waals surface area contributed by atoms with Crippen molar-refractivity contribution in [2.75, 3.05) is 26.7 Å². The summed E-state index contributed by atoms with van der Waals surface area (Å²) in [6.07, 6.45) is 2.18. The van der Waals surface area contributed by atoms with Crippen LogP contribution < -0.4 is 5.32 Å². The van der Waals surface area contributed by atoms with Gasteiger partial charge < -0.3 is 10.2 Å². The number of likely N-dealkylation sites (tertiary alicyclic amines) is 1. The zero-order chi connectivity index (χ0) is 16.1. The Kier molecular flexibility index (Phi) is 8.38. The molecule has 0 spiro atoms. The van der Waals surface area contributed by atoms with Gasteiger partial charge in [-0.3, -0.25) is 4.79 Å². The molecule has 1 heterocycles. The van der Waals surface area contributed by atoms with Gasteiger partial charge in [-0.1, -0.05) is 37.6 Å². The number of hydrogen-bond donors (Lipinski definition) is 1. The summed E-state index contributed by atoms with van der Waals surface area (Å²) in [4.78, 5) is 15.0. The third-order valence-electron chi connectivity index (χ3n) is 4.56. The molecule has 23 heavy (non-hydrogen) atoms. The van der Waals surface area contributed by atoms with E-state index in [9.17, 15) is 4.79 Å². The molecule has 1 atom stereocenters. The molecule has 0 saturated carbocycles. The normalized spacial score (nSPS) is 17.0. The van der Waals surface area contributed by atoms with Gasteiger partial charge >= 0.3 is 0 Å². The number of halogens is 2. The fraction of sp³-hybridized carbons (Fsp3) is 0.611. The van der Waals surface area contributed by atoms with Crippen LogP contribution in [0.2, 0.25) is 5.02 Å². The van der Waals surface area contributed by atoms with Gasteiger partial charge in [0.05, 0.1) is 5.92 Å². The molecule has 1 fully saturated rings. The predicted molar refractivity (Wildman–Crippen MR) is 99.5 cm³/mol. The molecule has 0 radical (unpaired) electrons. The van der Waals surface area contributed by atoms with Gasteiger partial charge in [0, 0.05) is 18.1 Å². The number of carbonyl (C=O) groups is 1. The van der Waals surface area contributed by atoms with Crippen molar-refractivity contribution in [1.82, 2.24) is 10.2 Å². The number of rotatable bonds is 5. The Hall–Kier alpha value is -0.770. The Balaban J connectivity index is 0.00000264. The van der Waals surface area contributed by atoms with E-state index in [2.05, 4.69) is 19.2 Å². The van der Waals surface area contributed by atoms with E-state index in [4.69, 9.17) is 11.6 Å². The highest BCUT2D eigenvalue weighted by atomic mass is 35.5. The van der Waals surface area contributed by atoms with Crippen LogP contribution in [0.1, 0.15) is 38.2 Å². The van der Waals surface area contributed by atoms with Gasteiger partial charge in [0.15, 0.2) is 0 Å². The van der Waals surface area contributed by atoms with Gasteiger partial charge in [0.1, 0.15) is 0 Å². The van der Waals surface area contributed by atoms with Crippen LogP contribution in [0, 0.1) is 11.8 Å². The number of nitrogens with one attached hydrogen (secondary N) is 1. The first-order chi connectivity index (χ1) is 10.5. The van der Waals surface area contributed by atoms with Crippen molar-refractivity contribution < 1.29 is 4.79 Å². The molecule has 0 aliphatic carbocycles. The van der Waals surface area contributed by atoms with E-state index in [1.807, 2.05) is 36.2 Å². The minimum Gasteiger partial charge on any atom is -0.342 e. The monoisotopic (exact) mass is 358 g/mol. The van der Waals surface area contributed by atoms with Crippen LogP contribution in [0.15, 0.2) is 24.3 Å². The second-order valence-corrected chi connectivity index (χ2v) is 7.04. The number of amides is 1. The number of carbonyl (C=O) groups excluding carboxylic acids is 1. The highest BCUT2D eigenvalue weighted by Crippen LogP contribution is 2.30. The van der Waals surface area contributed by atoms with Crippen molar-refractivity contribution >= 4 is 29.9 Å². The van der Waals surface area contributed by atoms with E-state index in [1.54, 1.807) is 0 Å². The third-order valence-corrected chi connectivity index (χ3v) is 4.79. The van der Waals surface area contributed by atoms with Gasteiger partial charge in [-0.25, -0.2) is 0 Å². The lowest BCUT2D eigenvalue weighted by Gasteiger charge is -2.35. The average Bonchev–Trinajstić information content (AvgIpc) is 2.48. The molecule has 3 nitrogen and oxygen atoms in total. The Morgan fingerprint density at radius 1 is 1.35 bits per heavy atom. The molecular formula is C18H28Cl2N2O. The fourth-order valence-corrected chi connectivity index (χ4v) is 3.55. The quantitative estimate of drug-likeness (QED) is 0.863. The zero-order valence-electron chi connectivity index (χ0n) is 14.2. The molecule has 0 bridgehead atoms. The number of benzene rings is 1. The first-order valence-corrected chi connectivity index (χ1v) is 8.59. The standard InChI is InChI=1S/C18H27ClN2O.ClH/c1-13(2)17(15-5-4-6-16(19)11-15)18(22)21-9-7-14(8-10-21)12-20-3;/h4-6,11,13-14,17,20H,7-10,12H2,1-3H3;1H. The van der Waals surface area contributed by atoms with Gasteiger partial charge in [0.25, 0.3) is 0 Å². The maximum Gasteiger partial charge on any atom is 0.230 e. The summed E-state index contributed by atoms with van der Waals surface area (Å²) in [7, 11) is 1.99.